The van der Waals surface area contributed by atoms with Gasteiger partial charge in [-0.05, 0) is 26.3 Å². The summed E-state index contributed by atoms with van der Waals surface area (Å²) >= 11 is 0. The fourth-order valence-corrected chi connectivity index (χ4v) is 2.90. The summed E-state index contributed by atoms with van der Waals surface area (Å²) in [7, 11) is 1.72. The van der Waals surface area contributed by atoms with Crippen molar-refractivity contribution in [2.24, 2.45) is 11.1 Å². The van der Waals surface area contributed by atoms with Crippen LogP contribution >= 0.6 is 0 Å². The molecule has 1 aromatic heterocycles. The van der Waals surface area contributed by atoms with Gasteiger partial charge in [-0.15, -0.1) is 0 Å². The molecule has 1 aromatic rings. The summed E-state index contributed by atoms with van der Waals surface area (Å²) in [6.07, 6.45) is 3.56. The van der Waals surface area contributed by atoms with E-state index in [0.717, 1.165) is 25.1 Å². The second-order valence-corrected chi connectivity index (χ2v) is 6.32. The van der Waals surface area contributed by atoms with Crippen molar-refractivity contribution in [1.29, 1.82) is 0 Å². The number of nitrogens with zero attached hydrogens (tertiary/aromatic N) is 2. The molecule has 1 heterocycles. The molecule has 2 atom stereocenters. The van der Waals surface area contributed by atoms with Crippen molar-refractivity contribution in [3.63, 3.8) is 0 Å². The number of aryl methyl sites for hydroxylation is 1. The maximum atomic E-state index is 12.4. The molecule has 2 rings (SSSR count). The molecule has 0 aliphatic heterocycles. The molecular formula is C15H26N4O2. The molecule has 6 heteroatoms. The third kappa shape index (κ3) is 2.96. The van der Waals surface area contributed by atoms with Crippen molar-refractivity contribution < 1.29 is 9.53 Å². The molecule has 1 fully saturated rings. The minimum atomic E-state index is -0.0564. The molecule has 118 valence electrons. The van der Waals surface area contributed by atoms with E-state index in [1.807, 2.05) is 11.6 Å². The number of carbonyl (C=O) groups excluding carboxylic acids is 1. The number of hydrogen-bond donors (Lipinski definition) is 2. The summed E-state index contributed by atoms with van der Waals surface area (Å²) in [5, 5.41) is 7.37. The Bertz CT molecular complexity index is 510. The van der Waals surface area contributed by atoms with Gasteiger partial charge in [0.2, 0.25) is 0 Å². The van der Waals surface area contributed by atoms with Gasteiger partial charge in [0.1, 0.15) is 0 Å². The highest BCUT2D eigenvalue weighted by atomic mass is 16.5. The molecule has 21 heavy (non-hydrogen) atoms. The lowest BCUT2D eigenvalue weighted by atomic mass is 9.64. The maximum absolute atomic E-state index is 12.4. The van der Waals surface area contributed by atoms with E-state index in [1.165, 1.54) is 0 Å². The number of hydrogen-bond acceptors (Lipinski definition) is 4. The minimum Gasteiger partial charge on any atom is -0.381 e. The van der Waals surface area contributed by atoms with Crippen molar-refractivity contribution >= 4 is 5.91 Å². The van der Waals surface area contributed by atoms with Crippen LogP contribution in [0.3, 0.4) is 0 Å². The number of methoxy groups -OCH3 is 1. The molecule has 0 saturated heterocycles. The zero-order chi connectivity index (χ0) is 15.6. The van der Waals surface area contributed by atoms with E-state index in [-0.39, 0.29) is 23.5 Å². The molecule has 1 aliphatic rings. The first-order valence-corrected chi connectivity index (χ1v) is 7.48. The molecule has 3 N–H and O–H groups in total. The second kappa shape index (κ2) is 6.15. The number of rotatable bonds is 6. The van der Waals surface area contributed by atoms with E-state index in [0.29, 0.717) is 12.1 Å². The zero-order valence-corrected chi connectivity index (χ0v) is 13.3. The average molecular weight is 294 g/mol. The Morgan fingerprint density at radius 1 is 1.62 bits per heavy atom. The molecular weight excluding hydrogens is 268 g/mol. The molecule has 1 saturated carbocycles. The van der Waals surface area contributed by atoms with Crippen LogP contribution in [0, 0.1) is 12.3 Å². The number of aromatic nitrogens is 2. The lowest BCUT2D eigenvalue weighted by molar-refractivity contribution is -0.0942. The van der Waals surface area contributed by atoms with Gasteiger partial charge in [-0.1, -0.05) is 13.8 Å². The van der Waals surface area contributed by atoms with Gasteiger partial charge in [-0.3, -0.25) is 9.48 Å². The highest BCUT2D eigenvalue weighted by Crippen LogP contribution is 2.42. The lowest BCUT2D eigenvalue weighted by Crippen LogP contribution is -2.61. The van der Waals surface area contributed by atoms with E-state index >= 15 is 0 Å². The smallest absolute Gasteiger partial charge is 0.254 e. The lowest BCUT2D eigenvalue weighted by Gasteiger charge is -2.51. The molecule has 0 radical (unpaired) electrons. The van der Waals surface area contributed by atoms with Gasteiger partial charge in [-0.2, -0.15) is 5.10 Å². The summed E-state index contributed by atoms with van der Waals surface area (Å²) in [5.41, 5.74) is 7.01. The van der Waals surface area contributed by atoms with Crippen LogP contribution in [0.4, 0.5) is 0 Å². The molecule has 1 amide bonds. The SMILES string of the molecule is COC1CC(NC(=O)c2cnn(CCCN)c2C)C1(C)C. The van der Waals surface area contributed by atoms with Crippen LogP contribution in [0.25, 0.3) is 0 Å². The second-order valence-electron chi connectivity index (χ2n) is 6.32. The van der Waals surface area contributed by atoms with Crippen LogP contribution in [0.2, 0.25) is 0 Å². The Kier molecular flexibility index (Phi) is 4.68. The van der Waals surface area contributed by atoms with Crippen LogP contribution in [-0.4, -0.2) is 41.5 Å². The monoisotopic (exact) mass is 294 g/mol. The topological polar surface area (TPSA) is 82.2 Å². The van der Waals surface area contributed by atoms with Crippen molar-refractivity contribution in [2.75, 3.05) is 13.7 Å². The molecule has 0 aromatic carbocycles. The van der Waals surface area contributed by atoms with E-state index in [4.69, 9.17) is 10.5 Å². The Morgan fingerprint density at radius 3 is 2.90 bits per heavy atom. The maximum Gasteiger partial charge on any atom is 0.254 e. The third-order valence-electron chi connectivity index (χ3n) is 4.69. The number of ether oxygens (including phenoxy) is 1. The fourth-order valence-electron chi connectivity index (χ4n) is 2.90. The van der Waals surface area contributed by atoms with E-state index in [9.17, 15) is 4.79 Å². The van der Waals surface area contributed by atoms with Crippen LogP contribution < -0.4 is 11.1 Å². The molecule has 6 nitrogen and oxygen atoms in total. The normalized spacial score (nSPS) is 23.7. The standard InChI is InChI=1S/C15H26N4O2/c1-10-11(9-17-19(10)7-5-6-16)14(20)18-12-8-13(21-4)15(12,2)3/h9,12-13H,5-8,16H2,1-4H3,(H,18,20). The quantitative estimate of drug-likeness (QED) is 0.822. The van der Waals surface area contributed by atoms with Crippen molar-refractivity contribution in [3.8, 4) is 0 Å². The molecule has 0 spiro atoms. The Balaban J connectivity index is 2.00. The first-order chi connectivity index (χ1) is 9.91. The average Bonchev–Trinajstić information content (AvgIpc) is 2.81. The Morgan fingerprint density at radius 2 is 2.33 bits per heavy atom. The molecule has 0 bridgehead atoms. The highest BCUT2D eigenvalue weighted by molar-refractivity contribution is 5.95. The van der Waals surface area contributed by atoms with E-state index in [2.05, 4.69) is 24.3 Å². The number of nitrogens with one attached hydrogen (secondary N) is 1. The van der Waals surface area contributed by atoms with Crippen LogP contribution in [0.1, 0.15) is 42.7 Å². The van der Waals surface area contributed by atoms with Gasteiger partial charge >= 0.3 is 0 Å². The van der Waals surface area contributed by atoms with Gasteiger partial charge in [0.05, 0.1) is 17.9 Å². The van der Waals surface area contributed by atoms with Crippen LogP contribution in [0.5, 0.6) is 0 Å². The molecule has 1 aliphatic carbocycles. The number of nitrogens with two attached hydrogens (primary N) is 1. The van der Waals surface area contributed by atoms with Crippen LogP contribution in [0.15, 0.2) is 6.20 Å². The summed E-state index contributed by atoms with van der Waals surface area (Å²) < 4.78 is 7.25. The van der Waals surface area contributed by atoms with Gasteiger partial charge < -0.3 is 15.8 Å². The molecule has 2 unspecified atom stereocenters. The minimum absolute atomic E-state index is 0.0339. The van der Waals surface area contributed by atoms with E-state index in [1.54, 1.807) is 13.3 Å². The summed E-state index contributed by atoms with van der Waals surface area (Å²) in [6, 6.07) is 0.141. The van der Waals surface area contributed by atoms with Crippen molar-refractivity contribution in [1.82, 2.24) is 15.1 Å². The van der Waals surface area contributed by atoms with E-state index < -0.39 is 0 Å². The largest absolute Gasteiger partial charge is 0.381 e. The predicted molar refractivity (Wildman–Crippen MR) is 81.1 cm³/mol. The number of amides is 1. The highest BCUT2D eigenvalue weighted by Gasteiger charge is 2.49. The first kappa shape index (κ1) is 16.0. The van der Waals surface area contributed by atoms with Gasteiger partial charge in [0.15, 0.2) is 0 Å². The predicted octanol–water partition coefficient (Wildman–Crippen LogP) is 1.08. The zero-order valence-electron chi connectivity index (χ0n) is 13.3. The van der Waals surface area contributed by atoms with Crippen LogP contribution in [-0.2, 0) is 11.3 Å². The summed E-state index contributed by atoms with van der Waals surface area (Å²) in [6.45, 7) is 7.52. The summed E-state index contributed by atoms with van der Waals surface area (Å²) in [5.74, 6) is -0.0564. The number of carbonyl (C=O) groups is 1. The fraction of sp³-hybridized carbons (Fsp3) is 0.733. The Hall–Kier alpha value is -1.40. The van der Waals surface area contributed by atoms with Gasteiger partial charge in [0.25, 0.3) is 5.91 Å². The summed E-state index contributed by atoms with van der Waals surface area (Å²) in [4.78, 5) is 12.4. The van der Waals surface area contributed by atoms with Gasteiger partial charge in [-0.25, -0.2) is 0 Å². The third-order valence-corrected chi connectivity index (χ3v) is 4.69. The first-order valence-electron chi connectivity index (χ1n) is 7.48. The Labute approximate surface area is 126 Å². The van der Waals surface area contributed by atoms with Crippen molar-refractivity contribution in [3.05, 3.63) is 17.5 Å². The van der Waals surface area contributed by atoms with Crippen molar-refractivity contribution in [2.45, 2.75) is 52.3 Å². The van der Waals surface area contributed by atoms with Gasteiger partial charge in [0, 0.05) is 30.8 Å².